The third-order valence-corrected chi connectivity index (χ3v) is 3.68. The number of hydrogen-bond acceptors (Lipinski definition) is 2. The second-order valence-electron chi connectivity index (χ2n) is 5.99. The van der Waals surface area contributed by atoms with Crippen molar-refractivity contribution in [2.45, 2.75) is 53.0 Å². The highest BCUT2D eigenvalue weighted by Gasteiger charge is 2.19. The topological polar surface area (TPSA) is 20.3 Å². The van der Waals surface area contributed by atoms with E-state index in [2.05, 4.69) is 32.6 Å². The Kier molecular flexibility index (Phi) is 7.53. The average Bonchev–Trinajstić information content (AvgIpc) is 2.40. The highest BCUT2D eigenvalue weighted by atomic mass is 16.1. The molecular weight excluding hydrogens is 246 g/mol. The minimum absolute atomic E-state index is 0.323. The normalized spacial score (nSPS) is 11.6. The molecule has 0 aliphatic rings. The van der Waals surface area contributed by atoms with Gasteiger partial charge in [-0.05, 0) is 24.3 Å². The zero-order valence-corrected chi connectivity index (χ0v) is 13.4. The Hall–Kier alpha value is -1.15. The zero-order valence-electron chi connectivity index (χ0n) is 13.4. The van der Waals surface area contributed by atoms with Crippen molar-refractivity contribution in [2.24, 2.45) is 5.92 Å². The molecule has 0 heterocycles. The first-order valence-corrected chi connectivity index (χ1v) is 7.86. The van der Waals surface area contributed by atoms with Crippen LogP contribution in [0.2, 0.25) is 0 Å². The van der Waals surface area contributed by atoms with Crippen LogP contribution >= 0.6 is 0 Å². The van der Waals surface area contributed by atoms with Gasteiger partial charge in [0.05, 0.1) is 6.54 Å². The lowest BCUT2D eigenvalue weighted by atomic mass is 10.0. The largest absolute Gasteiger partial charge is 0.298 e. The minimum Gasteiger partial charge on any atom is -0.298 e. The first kappa shape index (κ1) is 16.9. The number of rotatable bonds is 9. The third kappa shape index (κ3) is 5.87. The molecular formula is C18H29NO. The number of hydrogen-bond donors (Lipinski definition) is 0. The van der Waals surface area contributed by atoms with Crippen molar-refractivity contribution in [1.82, 2.24) is 4.90 Å². The van der Waals surface area contributed by atoms with E-state index in [1.165, 1.54) is 0 Å². The van der Waals surface area contributed by atoms with Gasteiger partial charge in [0, 0.05) is 19.0 Å². The molecule has 0 amide bonds. The van der Waals surface area contributed by atoms with Crippen LogP contribution in [0, 0.1) is 5.92 Å². The zero-order chi connectivity index (χ0) is 15.0. The van der Waals surface area contributed by atoms with Crippen molar-refractivity contribution in [1.29, 1.82) is 0 Å². The molecule has 1 aromatic carbocycles. The summed E-state index contributed by atoms with van der Waals surface area (Å²) in [4.78, 5) is 14.7. The van der Waals surface area contributed by atoms with Gasteiger partial charge in [0.25, 0.3) is 0 Å². The first-order valence-electron chi connectivity index (χ1n) is 7.86. The van der Waals surface area contributed by atoms with Gasteiger partial charge in [-0.15, -0.1) is 0 Å². The molecule has 0 aliphatic carbocycles. The second-order valence-corrected chi connectivity index (χ2v) is 5.99. The molecule has 0 unspecified atom stereocenters. The monoisotopic (exact) mass is 275 g/mol. The van der Waals surface area contributed by atoms with E-state index >= 15 is 0 Å². The molecule has 1 rings (SSSR count). The molecule has 2 heteroatoms. The number of benzene rings is 1. The summed E-state index contributed by atoms with van der Waals surface area (Å²) in [6, 6.07) is 10.6. The van der Waals surface area contributed by atoms with E-state index in [9.17, 15) is 4.79 Å². The van der Waals surface area contributed by atoms with Gasteiger partial charge in [0.2, 0.25) is 0 Å². The van der Waals surface area contributed by atoms with Crippen molar-refractivity contribution in [2.75, 3.05) is 13.1 Å². The fourth-order valence-electron chi connectivity index (χ4n) is 2.72. The van der Waals surface area contributed by atoms with Crippen molar-refractivity contribution in [3.8, 4) is 0 Å². The lowest BCUT2D eigenvalue weighted by Crippen LogP contribution is -2.41. The SMILES string of the molecule is CCC(CC)N(CC(=O)Cc1ccccc1)CC(C)C. The molecule has 0 fully saturated rings. The van der Waals surface area contributed by atoms with Gasteiger partial charge in [0.1, 0.15) is 0 Å². The van der Waals surface area contributed by atoms with Gasteiger partial charge in [-0.3, -0.25) is 9.69 Å². The number of nitrogens with zero attached hydrogens (tertiary/aromatic N) is 1. The molecule has 0 radical (unpaired) electrons. The van der Waals surface area contributed by atoms with Gasteiger partial charge < -0.3 is 0 Å². The van der Waals surface area contributed by atoms with Gasteiger partial charge in [-0.25, -0.2) is 0 Å². The van der Waals surface area contributed by atoms with Crippen LogP contribution in [0.5, 0.6) is 0 Å². The van der Waals surface area contributed by atoms with Crippen molar-refractivity contribution < 1.29 is 4.79 Å². The van der Waals surface area contributed by atoms with Crippen LogP contribution in [0.25, 0.3) is 0 Å². The summed E-state index contributed by atoms with van der Waals surface area (Å²) in [6.45, 7) is 10.5. The summed E-state index contributed by atoms with van der Waals surface area (Å²) < 4.78 is 0. The predicted octanol–water partition coefficient (Wildman–Crippen LogP) is 3.94. The summed E-state index contributed by atoms with van der Waals surface area (Å²) in [5.74, 6) is 0.920. The maximum atomic E-state index is 12.3. The molecule has 0 aliphatic heterocycles. The Morgan fingerprint density at radius 2 is 1.70 bits per heavy atom. The summed E-state index contributed by atoms with van der Waals surface area (Å²) >= 11 is 0. The summed E-state index contributed by atoms with van der Waals surface area (Å²) in [5.41, 5.74) is 1.12. The van der Waals surface area contributed by atoms with Crippen LogP contribution in [-0.2, 0) is 11.2 Å². The molecule has 20 heavy (non-hydrogen) atoms. The highest BCUT2D eigenvalue weighted by Crippen LogP contribution is 2.12. The molecule has 0 aromatic heterocycles. The molecule has 2 nitrogen and oxygen atoms in total. The van der Waals surface area contributed by atoms with Crippen molar-refractivity contribution in [3.05, 3.63) is 35.9 Å². The quantitative estimate of drug-likeness (QED) is 0.680. The maximum Gasteiger partial charge on any atom is 0.151 e. The van der Waals surface area contributed by atoms with Crippen LogP contribution in [0.1, 0.15) is 46.1 Å². The Labute approximate surface area is 124 Å². The van der Waals surface area contributed by atoms with Gasteiger partial charge in [-0.2, -0.15) is 0 Å². The van der Waals surface area contributed by atoms with Crippen molar-refractivity contribution in [3.63, 3.8) is 0 Å². The Balaban J connectivity index is 2.61. The lowest BCUT2D eigenvalue weighted by Gasteiger charge is -2.31. The Morgan fingerprint density at radius 3 is 2.20 bits per heavy atom. The van der Waals surface area contributed by atoms with E-state index in [0.717, 1.165) is 24.9 Å². The summed E-state index contributed by atoms with van der Waals surface area (Å²) in [6.07, 6.45) is 2.78. The fraction of sp³-hybridized carbons (Fsp3) is 0.611. The lowest BCUT2D eigenvalue weighted by molar-refractivity contribution is -0.120. The van der Waals surface area contributed by atoms with Gasteiger partial charge in [-0.1, -0.05) is 58.0 Å². The van der Waals surface area contributed by atoms with Gasteiger partial charge in [0.15, 0.2) is 5.78 Å². The molecule has 1 aromatic rings. The van der Waals surface area contributed by atoms with E-state index < -0.39 is 0 Å². The van der Waals surface area contributed by atoms with Crippen molar-refractivity contribution >= 4 is 5.78 Å². The highest BCUT2D eigenvalue weighted by molar-refractivity contribution is 5.82. The van der Waals surface area contributed by atoms with E-state index in [4.69, 9.17) is 0 Å². The molecule has 0 atom stereocenters. The van der Waals surface area contributed by atoms with Crippen LogP contribution in [-0.4, -0.2) is 29.8 Å². The van der Waals surface area contributed by atoms with E-state index in [1.54, 1.807) is 0 Å². The number of carbonyl (C=O) groups excluding carboxylic acids is 1. The van der Waals surface area contributed by atoms with E-state index in [0.29, 0.717) is 30.7 Å². The number of carbonyl (C=O) groups is 1. The predicted molar refractivity (Wildman–Crippen MR) is 85.9 cm³/mol. The Bertz CT molecular complexity index is 382. The molecule has 0 spiro atoms. The first-order chi connectivity index (χ1) is 9.56. The number of Topliss-reactive ketones (excluding diaryl/α,β-unsaturated/α-hetero) is 1. The standard InChI is InChI=1S/C18H29NO/c1-5-17(6-2)19(13-15(3)4)14-18(20)12-16-10-8-7-9-11-16/h7-11,15,17H,5-6,12-14H2,1-4H3. The number of ketones is 1. The third-order valence-electron chi connectivity index (χ3n) is 3.68. The van der Waals surface area contributed by atoms with Crippen LogP contribution < -0.4 is 0 Å². The van der Waals surface area contributed by atoms with Crippen LogP contribution in [0.15, 0.2) is 30.3 Å². The average molecular weight is 275 g/mol. The van der Waals surface area contributed by atoms with Crippen LogP contribution in [0.3, 0.4) is 0 Å². The molecule has 0 N–H and O–H groups in total. The van der Waals surface area contributed by atoms with E-state index in [-0.39, 0.29) is 0 Å². The molecule has 0 saturated heterocycles. The minimum atomic E-state index is 0.323. The summed E-state index contributed by atoms with van der Waals surface area (Å²) in [5, 5.41) is 0. The molecule has 0 saturated carbocycles. The summed E-state index contributed by atoms with van der Waals surface area (Å²) in [7, 11) is 0. The van der Waals surface area contributed by atoms with Crippen LogP contribution in [0.4, 0.5) is 0 Å². The molecule has 112 valence electrons. The smallest absolute Gasteiger partial charge is 0.151 e. The maximum absolute atomic E-state index is 12.3. The molecule has 0 bridgehead atoms. The van der Waals surface area contributed by atoms with E-state index in [1.807, 2.05) is 30.3 Å². The Morgan fingerprint density at radius 1 is 1.10 bits per heavy atom. The fourth-order valence-corrected chi connectivity index (χ4v) is 2.72. The second kappa shape index (κ2) is 8.91. The van der Waals surface area contributed by atoms with Gasteiger partial charge >= 0.3 is 0 Å².